The highest BCUT2D eigenvalue weighted by molar-refractivity contribution is 4.80. The number of hydrogen-bond acceptors (Lipinski definition) is 6. The van der Waals surface area contributed by atoms with E-state index in [-0.39, 0.29) is 10.8 Å². The van der Waals surface area contributed by atoms with Crippen molar-refractivity contribution in [2.24, 2.45) is 0 Å². The van der Waals surface area contributed by atoms with Crippen molar-refractivity contribution >= 4 is 0 Å². The van der Waals surface area contributed by atoms with E-state index >= 15 is 0 Å². The van der Waals surface area contributed by atoms with Crippen molar-refractivity contribution in [3.63, 3.8) is 0 Å². The highest BCUT2D eigenvalue weighted by atomic mass is 19.4. The van der Waals surface area contributed by atoms with E-state index in [1.54, 1.807) is 18.2 Å². The van der Waals surface area contributed by atoms with Gasteiger partial charge in [0.05, 0.1) is 24.3 Å². The van der Waals surface area contributed by atoms with Crippen molar-refractivity contribution in [3.05, 3.63) is 0 Å². The van der Waals surface area contributed by atoms with E-state index in [4.69, 9.17) is 31.6 Å². The Morgan fingerprint density at radius 3 is 0.920 bits per heavy atom. The molecule has 0 aliphatic heterocycles. The van der Waals surface area contributed by atoms with Gasteiger partial charge in [-0.2, -0.15) is 53.5 Å². The fourth-order valence-electron chi connectivity index (χ4n) is 0. The first-order valence-corrected chi connectivity index (χ1v) is 5.00. The van der Waals surface area contributed by atoms with Gasteiger partial charge in [0.15, 0.2) is 12.7 Å². The van der Waals surface area contributed by atoms with Crippen LogP contribution in [0.1, 0.15) is 20.8 Å². The van der Waals surface area contributed by atoms with Crippen LogP contribution < -0.4 is 0 Å². The minimum atomic E-state index is -4.65. The van der Waals surface area contributed by atoms with Gasteiger partial charge in [0.1, 0.15) is 6.07 Å². The SMILES string of the molecule is CC#N.CC#N.CC#N.F.N#CC(F)(F)F.N#CC(F)F.N#CCF. The van der Waals surface area contributed by atoms with Crippen molar-refractivity contribution in [3.8, 4) is 36.4 Å². The minimum absolute atomic E-state index is 0. The summed E-state index contributed by atoms with van der Waals surface area (Å²) in [6.07, 6.45) is -7.46. The zero-order chi connectivity index (χ0) is 21.0. The monoisotopic (exact) mass is 374 g/mol. The van der Waals surface area contributed by atoms with Crippen LogP contribution in [0.5, 0.6) is 0 Å². The van der Waals surface area contributed by atoms with E-state index in [2.05, 4.69) is 0 Å². The number of rotatable bonds is 0. The number of hydrogen-bond donors (Lipinski definition) is 0. The number of alkyl halides is 6. The number of nitriles is 6. The molecule has 0 aromatic heterocycles. The van der Waals surface area contributed by atoms with Gasteiger partial charge in [-0.1, -0.05) is 0 Å². The molecule has 0 fully saturated rings. The molecule has 0 saturated carbocycles. The maximum Gasteiger partial charge on any atom is 0.483 e. The summed E-state index contributed by atoms with van der Waals surface area (Å²) < 4.78 is 62.4. The molecule has 0 saturated heterocycles. The smallest absolute Gasteiger partial charge is 0.269 e. The molecule has 6 nitrogen and oxygen atoms in total. The van der Waals surface area contributed by atoms with Crippen LogP contribution in [0.2, 0.25) is 0 Å². The second-order valence-corrected chi connectivity index (χ2v) is 2.00. The van der Waals surface area contributed by atoms with E-state index in [1.807, 2.05) is 0 Å². The summed E-state index contributed by atoms with van der Waals surface area (Å²) in [6.45, 7) is 3.42. The molecule has 0 aliphatic carbocycles. The third kappa shape index (κ3) is 1160. The molecule has 0 spiro atoms. The lowest BCUT2D eigenvalue weighted by Crippen LogP contribution is -1.99. The predicted molar refractivity (Wildman–Crippen MR) is 71.2 cm³/mol. The molecule has 0 aromatic rings. The van der Waals surface area contributed by atoms with Crippen molar-refractivity contribution in [2.75, 3.05) is 6.67 Å². The molecule has 0 unspecified atom stereocenters. The third-order valence-corrected chi connectivity index (χ3v) is 0.284. The predicted octanol–water partition coefficient (Wildman–Crippen LogP) is 4.07. The van der Waals surface area contributed by atoms with Gasteiger partial charge in [-0.05, 0) is 0 Å². The van der Waals surface area contributed by atoms with Crippen LogP contribution in [0.25, 0.3) is 0 Å². The summed E-state index contributed by atoms with van der Waals surface area (Å²) in [5, 5.41) is 43.4. The maximum atomic E-state index is 10.4. The van der Waals surface area contributed by atoms with Gasteiger partial charge in [-0.3, -0.25) is 4.70 Å². The van der Waals surface area contributed by atoms with Gasteiger partial charge in [0.2, 0.25) is 0 Å². The Morgan fingerprint density at radius 1 is 0.800 bits per heavy atom. The zero-order valence-electron chi connectivity index (χ0n) is 13.1. The molecular formula is C12H13F7N6. The lowest BCUT2D eigenvalue weighted by atomic mass is 10.8. The van der Waals surface area contributed by atoms with Crippen LogP contribution in [0, 0.1) is 68.0 Å². The van der Waals surface area contributed by atoms with Crippen LogP contribution in [0.3, 0.4) is 0 Å². The molecule has 0 radical (unpaired) electrons. The largest absolute Gasteiger partial charge is 0.483 e. The maximum absolute atomic E-state index is 10.4. The average molecular weight is 374 g/mol. The molecular weight excluding hydrogens is 361 g/mol. The van der Waals surface area contributed by atoms with E-state index in [0.29, 0.717) is 6.07 Å². The standard InChI is InChI=1S/C2F3N.C2HF2N.C2H2FN.3C2H3N.FH/c3-2(4,5)1-6;3-2(4)1-5;3-1-2-4;3*1-2-3;/h;2H;1H2;3*1H3;1H. The Bertz CT molecular complexity index is 449. The van der Waals surface area contributed by atoms with Crippen LogP contribution in [-0.2, 0) is 0 Å². The molecule has 0 aliphatic rings. The zero-order valence-corrected chi connectivity index (χ0v) is 13.1. The normalized spacial score (nSPS) is 5.76. The van der Waals surface area contributed by atoms with E-state index in [1.165, 1.54) is 26.8 Å². The van der Waals surface area contributed by atoms with Crippen molar-refractivity contribution < 1.29 is 31.0 Å². The van der Waals surface area contributed by atoms with Gasteiger partial charge in [-0.25, -0.2) is 4.39 Å². The summed E-state index contributed by atoms with van der Waals surface area (Å²) in [5.74, 6) is 0. The summed E-state index contributed by atoms with van der Waals surface area (Å²) in [4.78, 5) is 0. The first kappa shape index (κ1) is 43.0. The summed E-state index contributed by atoms with van der Waals surface area (Å²) in [5.41, 5.74) is 0. The lowest BCUT2D eigenvalue weighted by Gasteiger charge is -1.84. The fourth-order valence-corrected chi connectivity index (χ4v) is 0. The van der Waals surface area contributed by atoms with Crippen molar-refractivity contribution in [2.45, 2.75) is 33.4 Å². The van der Waals surface area contributed by atoms with Crippen molar-refractivity contribution in [1.82, 2.24) is 0 Å². The minimum Gasteiger partial charge on any atom is -0.269 e. The van der Waals surface area contributed by atoms with Gasteiger partial charge >= 0.3 is 12.6 Å². The molecule has 0 rings (SSSR count). The summed E-state index contributed by atoms with van der Waals surface area (Å²) in [7, 11) is 0. The molecule has 25 heavy (non-hydrogen) atoms. The molecule has 0 atom stereocenters. The van der Waals surface area contributed by atoms with E-state index < -0.39 is 19.3 Å². The molecule has 13 heteroatoms. The second-order valence-electron chi connectivity index (χ2n) is 2.00. The van der Waals surface area contributed by atoms with Gasteiger partial charge in [0.25, 0.3) is 0 Å². The summed E-state index contributed by atoms with van der Waals surface area (Å²) in [6, 6.07) is 7.31. The molecule has 0 heterocycles. The van der Waals surface area contributed by atoms with Crippen LogP contribution in [-0.4, -0.2) is 19.3 Å². The van der Waals surface area contributed by atoms with Crippen LogP contribution in [0.15, 0.2) is 0 Å². The highest BCUT2D eigenvalue weighted by Crippen LogP contribution is 2.10. The second kappa shape index (κ2) is 49.9. The molecule has 0 aromatic carbocycles. The van der Waals surface area contributed by atoms with Crippen LogP contribution >= 0.6 is 0 Å². The fraction of sp³-hybridized carbons (Fsp3) is 0.500. The molecule has 0 amide bonds. The summed E-state index contributed by atoms with van der Waals surface area (Å²) >= 11 is 0. The number of halogens is 7. The Hall–Kier alpha value is -3.55. The third-order valence-electron chi connectivity index (χ3n) is 0.284. The molecule has 0 N–H and O–H groups in total. The first-order valence-electron chi connectivity index (χ1n) is 5.00. The Morgan fingerprint density at radius 2 is 0.920 bits per heavy atom. The Balaban J connectivity index is -0.0000000316. The first-order chi connectivity index (χ1) is 11.0. The highest BCUT2D eigenvalue weighted by Gasteiger charge is 2.25. The molecule has 0 bridgehead atoms. The average Bonchev–Trinajstić information content (AvgIpc) is 2.50. The Kier molecular flexibility index (Phi) is 85.8. The van der Waals surface area contributed by atoms with Gasteiger partial charge < -0.3 is 0 Å². The quantitative estimate of drug-likeness (QED) is 0.585. The number of nitrogens with zero attached hydrogens (tertiary/aromatic N) is 6. The lowest BCUT2D eigenvalue weighted by molar-refractivity contribution is -0.0717. The van der Waals surface area contributed by atoms with Crippen LogP contribution in [0.4, 0.5) is 31.0 Å². The Labute approximate surface area is 140 Å². The molecule has 140 valence electrons. The van der Waals surface area contributed by atoms with E-state index in [9.17, 15) is 26.3 Å². The topological polar surface area (TPSA) is 143 Å². The van der Waals surface area contributed by atoms with Gasteiger partial charge in [-0.15, -0.1) is 0 Å². The van der Waals surface area contributed by atoms with E-state index in [0.717, 1.165) is 0 Å². The van der Waals surface area contributed by atoms with Gasteiger partial charge in [0, 0.05) is 20.8 Å². The van der Waals surface area contributed by atoms with Crippen molar-refractivity contribution in [1.29, 1.82) is 31.6 Å².